The highest BCUT2D eigenvalue weighted by Gasteiger charge is 2.16. The Bertz CT molecular complexity index is 1250. The quantitative estimate of drug-likeness (QED) is 0.374. The molecule has 5 nitrogen and oxygen atoms in total. The van der Waals surface area contributed by atoms with Crippen molar-refractivity contribution in [2.24, 2.45) is 0 Å². The Morgan fingerprint density at radius 1 is 1.21 bits per heavy atom. The molecule has 4 rings (SSSR count). The highest BCUT2D eigenvalue weighted by Crippen LogP contribution is 2.24. The number of thioether (sulfide) groups is 1. The van der Waals surface area contributed by atoms with Gasteiger partial charge in [-0.2, -0.15) is 0 Å². The van der Waals surface area contributed by atoms with E-state index in [1.807, 2.05) is 35.7 Å². The fourth-order valence-corrected chi connectivity index (χ4v) is 4.41. The summed E-state index contributed by atoms with van der Waals surface area (Å²) < 4.78 is 15.5. The lowest BCUT2D eigenvalue weighted by Gasteiger charge is -2.12. The summed E-state index contributed by atoms with van der Waals surface area (Å²) in [5.41, 5.74) is 2.32. The Hall–Kier alpha value is -2.97. The van der Waals surface area contributed by atoms with Crippen molar-refractivity contribution in [2.75, 3.05) is 11.1 Å². The maximum atomic E-state index is 13.4. The molecule has 1 amide bonds. The third-order valence-corrected chi connectivity index (χ3v) is 6.10. The topological polar surface area (TPSA) is 64.0 Å². The first kappa shape index (κ1) is 19.4. The van der Waals surface area contributed by atoms with Crippen LogP contribution in [0.1, 0.15) is 5.56 Å². The molecule has 0 aliphatic heterocycles. The van der Waals surface area contributed by atoms with E-state index in [2.05, 4.69) is 10.3 Å². The molecule has 4 aromatic rings. The number of hydrogen-bond donors (Lipinski definition) is 1. The Balaban J connectivity index is 1.63. The molecule has 0 aliphatic rings. The molecule has 8 heteroatoms. The zero-order valence-electron chi connectivity index (χ0n) is 15.4. The van der Waals surface area contributed by atoms with Crippen LogP contribution in [0.25, 0.3) is 15.9 Å². The van der Waals surface area contributed by atoms with Crippen molar-refractivity contribution >= 4 is 44.9 Å². The molecule has 0 aliphatic carbocycles. The maximum absolute atomic E-state index is 13.4. The van der Waals surface area contributed by atoms with Gasteiger partial charge in [0.2, 0.25) is 5.91 Å². The summed E-state index contributed by atoms with van der Waals surface area (Å²) in [5, 5.41) is 4.97. The number of carbonyl (C=O) groups excluding carboxylic acids is 1. The van der Waals surface area contributed by atoms with Gasteiger partial charge in [-0.25, -0.2) is 9.37 Å². The number of nitrogens with zero attached hydrogens (tertiary/aromatic N) is 2. The molecule has 0 radical (unpaired) electrons. The minimum Gasteiger partial charge on any atom is -0.325 e. The Morgan fingerprint density at radius 3 is 2.79 bits per heavy atom. The molecule has 2 aromatic heterocycles. The third-order valence-electron chi connectivity index (χ3n) is 4.27. The standard InChI is InChI=1S/C21H16FN3O2S2/c1-13-7-8-14(22)11-17(13)23-18(26)12-29-21-24-16-9-10-28-19(16)20(27)25(21)15-5-3-2-4-6-15/h2-11H,12H2,1H3,(H,23,26). The molecule has 0 fully saturated rings. The second kappa shape index (κ2) is 8.18. The zero-order valence-corrected chi connectivity index (χ0v) is 17.0. The minimum absolute atomic E-state index is 0.0326. The number of fused-ring (bicyclic) bond motifs is 1. The van der Waals surface area contributed by atoms with Gasteiger partial charge in [0.1, 0.15) is 10.5 Å². The maximum Gasteiger partial charge on any atom is 0.276 e. The zero-order chi connectivity index (χ0) is 20.4. The van der Waals surface area contributed by atoms with Gasteiger partial charge in [-0.3, -0.25) is 14.2 Å². The predicted molar refractivity (Wildman–Crippen MR) is 116 cm³/mol. The van der Waals surface area contributed by atoms with Crippen molar-refractivity contribution in [3.63, 3.8) is 0 Å². The van der Waals surface area contributed by atoms with Crippen molar-refractivity contribution in [1.29, 1.82) is 0 Å². The van der Waals surface area contributed by atoms with E-state index in [0.29, 0.717) is 26.7 Å². The van der Waals surface area contributed by atoms with Gasteiger partial charge in [-0.15, -0.1) is 11.3 Å². The number of aryl methyl sites for hydroxylation is 1. The second-order valence-corrected chi connectivity index (χ2v) is 8.16. The van der Waals surface area contributed by atoms with Gasteiger partial charge in [0.25, 0.3) is 5.56 Å². The summed E-state index contributed by atoms with van der Waals surface area (Å²) in [6.07, 6.45) is 0. The number of hydrogen-bond acceptors (Lipinski definition) is 5. The van der Waals surface area contributed by atoms with Gasteiger partial charge >= 0.3 is 0 Å². The first-order chi connectivity index (χ1) is 14.0. The van der Waals surface area contributed by atoms with Gasteiger partial charge in [0, 0.05) is 5.69 Å². The van der Waals surface area contributed by atoms with Gasteiger partial charge in [-0.05, 0) is 48.2 Å². The fourth-order valence-electron chi connectivity index (χ4n) is 2.84. The van der Waals surface area contributed by atoms with Crippen LogP contribution in [0.4, 0.5) is 10.1 Å². The molecule has 29 heavy (non-hydrogen) atoms. The number of amides is 1. The van der Waals surface area contributed by atoms with Gasteiger partial charge in [0.05, 0.1) is 17.0 Å². The fraction of sp³-hybridized carbons (Fsp3) is 0.0952. The first-order valence-electron chi connectivity index (χ1n) is 8.77. The molecule has 146 valence electrons. The van der Waals surface area contributed by atoms with Crippen LogP contribution in [-0.2, 0) is 4.79 Å². The van der Waals surface area contributed by atoms with Crippen molar-refractivity contribution in [3.8, 4) is 5.69 Å². The van der Waals surface area contributed by atoms with Crippen LogP contribution in [0.3, 0.4) is 0 Å². The van der Waals surface area contributed by atoms with Crippen molar-refractivity contribution in [1.82, 2.24) is 9.55 Å². The Labute approximate surface area is 174 Å². The van der Waals surface area contributed by atoms with E-state index in [1.165, 1.54) is 28.0 Å². The van der Waals surface area contributed by atoms with Crippen molar-refractivity contribution in [2.45, 2.75) is 12.1 Å². The molecule has 0 spiro atoms. The van der Waals surface area contributed by atoms with Crippen LogP contribution in [0, 0.1) is 12.7 Å². The monoisotopic (exact) mass is 425 g/mol. The summed E-state index contributed by atoms with van der Waals surface area (Å²) >= 11 is 2.50. The van der Waals surface area contributed by atoms with Gasteiger partial charge < -0.3 is 5.32 Å². The normalized spacial score (nSPS) is 11.0. The molecule has 0 saturated carbocycles. The lowest BCUT2D eigenvalue weighted by Crippen LogP contribution is -2.22. The van der Waals surface area contributed by atoms with Gasteiger partial charge in [-0.1, -0.05) is 36.0 Å². The largest absolute Gasteiger partial charge is 0.325 e. The second-order valence-electron chi connectivity index (χ2n) is 6.30. The van der Waals surface area contributed by atoms with Crippen LogP contribution in [0.5, 0.6) is 0 Å². The van der Waals surface area contributed by atoms with Crippen molar-refractivity contribution < 1.29 is 9.18 Å². The number of rotatable bonds is 5. The third kappa shape index (κ3) is 4.08. The number of benzene rings is 2. The number of thiophene rings is 1. The first-order valence-corrected chi connectivity index (χ1v) is 10.6. The lowest BCUT2D eigenvalue weighted by atomic mass is 10.2. The van der Waals surface area contributed by atoms with Crippen molar-refractivity contribution in [3.05, 3.63) is 81.7 Å². The summed E-state index contributed by atoms with van der Waals surface area (Å²) in [7, 11) is 0. The lowest BCUT2D eigenvalue weighted by molar-refractivity contribution is -0.113. The van der Waals surface area contributed by atoms with E-state index >= 15 is 0 Å². The molecule has 0 atom stereocenters. The number of carbonyl (C=O) groups is 1. The molecule has 2 aromatic carbocycles. The van der Waals surface area contributed by atoms with E-state index in [4.69, 9.17) is 0 Å². The average molecular weight is 426 g/mol. The summed E-state index contributed by atoms with van der Waals surface area (Å²) in [5.74, 6) is -0.686. The van der Waals surface area contributed by atoms with Crippen LogP contribution in [-0.4, -0.2) is 21.2 Å². The molecule has 2 heterocycles. The van der Waals surface area contributed by atoms with E-state index < -0.39 is 5.82 Å². The summed E-state index contributed by atoms with van der Waals surface area (Å²) in [6.45, 7) is 1.79. The number of anilines is 1. The number of aromatic nitrogens is 2. The molecule has 0 unspecified atom stereocenters. The number of halogens is 1. The molecule has 0 bridgehead atoms. The van der Waals surface area contributed by atoms with E-state index in [9.17, 15) is 14.0 Å². The summed E-state index contributed by atoms with van der Waals surface area (Å²) in [6, 6.07) is 15.2. The molecular weight excluding hydrogens is 409 g/mol. The van der Waals surface area contributed by atoms with Crippen LogP contribution in [0.2, 0.25) is 0 Å². The molecular formula is C21H16FN3O2S2. The smallest absolute Gasteiger partial charge is 0.276 e. The number of nitrogens with one attached hydrogen (secondary N) is 1. The number of para-hydroxylation sites is 1. The van der Waals surface area contributed by atoms with Gasteiger partial charge in [0.15, 0.2) is 5.16 Å². The van der Waals surface area contributed by atoms with E-state index in [-0.39, 0.29) is 17.2 Å². The highest BCUT2D eigenvalue weighted by molar-refractivity contribution is 7.99. The minimum atomic E-state index is -0.416. The van der Waals surface area contributed by atoms with E-state index in [0.717, 1.165) is 17.3 Å². The summed E-state index contributed by atoms with van der Waals surface area (Å²) in [4.78, 5) is 30.0. The molecule has 1 N–H and O–H groups in total. The van der Waals surface area contributed by atoms with Crippen LogP contribution < -0.4 is 10.9 Å². The molecule has 0 saturated heterocycles. The highest BCUT2D eigenvalue weighted by atomic mass is 32.2. The van der Waals surface area contributed by atoms with Crippen LogP contribution >= 0.6 is 23.1 Å². The Morgan fingerprint density at radius 2 is 2.00 bits per heavy atom. The predicted octanol–water partition coefficient (Wildman–Crippen LogP) is 4.63. The Kier molecular flexibility index (Phi) is 5.46. The SMILES string of the molecule is Cc1ccc(F)cc1NC(=O)CSc1nc2ccsc2c(=O)n1-c1ccccc1. The average Bonchev–Trinajstić information content (AvgIpc) is 3.19. The van der Waals surface area contributed by atoms with E-state index in [1.54, 1.807) is 19.1 Å². The van der Waals surface area contributed by atoms with Crippen LogP contribution in [0.15, 0.2) is 69.9 Å².